The molecule has 0 radical (unpaired) electrons. The lowest BCUT2D eigenvalue weighted by molar-refractivity contribution is -0.389. The van der Waals surface area contributed by atoms with Gasteiger partial charge in [-0.2, -0.15) is 0 Å². The van der Waals surface area contributed by atoms with Gasteiger partial charge in [0.15, 0.2) is 0 Å². The van der Waals surface area contributed by atoms with Gasteiger partial charge in [-0.1, -0.05) is 0 Å². The van der Waals surface area contributed by atoms with Crippen molar-refractivity contribution in [2.45, 2.75) is 19.8 Å². The fourth-order valence-corrected chi connectivity index (χ4v) is 1.56. The molecule has 0 aliphatic carbocycles. The molecular weight excluding hydrogens is 278 g/mol. The number of esters is 1. The van der Waals surface area contributed by atoms with Gasteiger partial charge in [0.2, 0.25) is 0 Å². The van der Waals surface area contributed by atoms with Crippen molar-refractivity contribution in [1.82, 2.24) is 4.98 Å². The van der Waals surface area contributed by atoms with Crippen LogP contribution in [0.3, 0.4) is 0 Å². The smallest absolute Gasteiger partial charge is 0.368 e. The third-order valence-electron chi connectivity index (χ3n) is 2.33. The maximum Gasteiger partial charge on any atom is 0.368 e. The number of aromatic nitrogens is 1. The van der Waals surface area contributed by atoms with Crippen LogP contribution in [0.15, 0.2) is 6.07 Å². The third kappa shape index (κ3) is 3.59. The Labute approximate surface area is 112 Å². The normalized spacial score (nSPS) is 10.4. The Kier molecular flexibility index (Phi) is 5.30. The molecule has 0 amide bonds. The third-order valence-corrected chi connectivity index (χ3v) is 2.33. The quantitative estimate of drug-likeness (QED) is 0.452. The molecule has 0 N–H and O–H groups in total. The van der Waals surface area contributed by atoms with Crippen molar-refractivity contribution in [3.63, 3.8) is 0 Å². The molecule has 1 heterocycles. The van der Waals surface area contributed by atoms with Crippen LogP contribution in [0, 0.1) is 10.1 Å². The number of hydrogen-bond acceptors (Lipinski definition) is 6. The summed E-state index contributed by atoms with van der Waals surface area (Å²) < 4.78 is 35.3. The lowest BCUT2D eigenvalue weighted by atomic mass is 10.1. The first-order chi connectivity index (χ1) is 9.40. The Morgan fingerprint density at radius 2 is 2.20 bits per heavy atom. The second kappa shape index (κ2) is 6.73. The first-order valence-electron chi connectivity index (χ1n) is 5.56. The molecule has 0 atom stereocenters. The van der Waals surface area contributed by atoms with E-state index < -0.39 is 41.0 Å². The fraction of sp³-hybridized carbons (Fsp3) is 0.455. The number of methoxy groups -OCH3 is 1. The number of halogens is 2. The number of carbonyl (C=O) groups excluding carboxylic acids is 1. The molecular formula is C11H12F2N2O5. The minimum atomic E-state index is -2.98. The van der Waals surface area contributed by atoms with Crippen LogP contribution < -0.4 is 4.74 Å². The Morgan fingerprint density at radius 1 is 1.55 bits per heavy atom. The van der Waals surface area contributed by atoms with Gasteiger partial charge >= 0.3 is 17.7 Å². The van der Waals surface area contributed by atoms with Crippen LogP contribution >= 0.6 is 0 Å². The number of alkyl halides is 2. The molecule has 0 spiro atoms. The van der Waals surface area contributed by atoms with E-state index in [1.807, 2.05) is 0 Å². The first-order valence-corrected chi connectivity index (χ1v) is 5.56. The SMILES string of the molecule is CCOC(=O)Cc1cc([N+](=O)[O-])nc(OC)c1C(F)F. The molecule has 20 heavy (non-hydrogen) atoms. The van der Waals surface area contributed by atoms with E-state index in [0.29, 0.717) is 0 Å². The minimum Gasteiger partial charge on any atom is -0.466 e. The predicted octanol–water partition coefficient (Wildman–Crippen LogP) is 2.04. The van der Waals surface area contributed by atoms with Gasteiger partial charge in [-0.05, 0) is 17.4 Å². The summed E-state index contributed by atoms with van der Waals surface area (Å²) in [5.74, 6) is -2.02. The Morgan fingerprint density at radius 3 is 2.65 bits per heavy atom. The van der Waals surface area contributed by atoms with E-state index >= 15 is 0 Å². The number of nitro groups is 1. The van der Waals surface area contributed by atoms with Crippen molar-refractivity contribution < 1.29 is 28.0 Å². The van der Waals surface area contributed by atoms with E-state index in [-0.39, 0.29) is 12.2 Å². The Bertz CT molecular complexity index is 522. The van der Waals surface area contributed by atoms with Gasteiger partial charge in [0.05, 0.1) is 20.1 Å². The van der Waals surface area contributed by atoms with Gasteiger partial charge in [0.25, 0.3) is 6.43 Å². The fourth-order valence-electron chi connectivity index (χ4n) is 1.56. The molecule has 0 bridgehead atoms. The first kappa shape index (κ1) is 15.7. The van der Waals surface area contributed by atoms with Crippen LogP contribution in [0.2, 0.25) is 0 Å². The van der Waals surface area contributed by atoms with Gasteiger partial charge in [-0.25, -0.2) is 8.78 Å². The van der Waals surface area contributed by atoms with Crippen molar-refractivity contribution in [2.75, 3.05) is 13.7 Å². The summed E-state index contributed by atoms with van der Waals surface area (Å²) >= 11 is 0. The number of ether oxygens (including phenoxy) is 2. The highest BCUT2D eigenvalue weighted by molar-refractivity contribution is 5.73. The van der Waals surface area contributed by atoms with Gasteiger partial charge in [-0.15, -0.1) is 0 Å². The average molecular weight is 290 g/mol. The molecule has 9 heteroatoms. The minimum absolute atomic E-state index is 0.0765. The zero-order valence-corrected chi connectivity index (χ0v) is 10.8. The van der Waals surface area contributed by atoms with Crippen molar-refractivity contribution in [3.8, 4) is 5.88 Å². The van der Waals surface area contributed by atoms with Crippen LogP contribution in [-0.4, -0.2) is 29.6 Å². The molecule has 0 unspecified atom stereocenters. The monoisotopic (exact) mass is 290 g/mol. The highest BCUT2D eigenvalue weighted by atomic mass is 19.3. The lowest BCUT2D eigenvalue weighted by Crippen LogP contribution is -2.12. The largest absolute Gasteiger partial charge is 0.466 e. The van der Waals surface area contributed by atoms with Crippen molar-refractivity contribution in [1.29, 1.82) is 0 Å². The molecule has 1 aromatic heterocycles. The van der Waals surface area contributed by atoms with Crippen molar-refractivity contribution in [3.05, 3.63) is 27.3 Å². The summed E-state index contributed by atoms with van der Waals surface area (Å²) in [6, 6.07) is 0.820. The summed E-state index contributed by atoms with van der Waals surface area (Å²) in [5, 5.41) is 10.7. The van der Waals surface area contributed by atoms with Crippen LogP contribution in [-0.2, 0) is 16.0 Å². The van der Waals surface area contributed by atoms with E-state index in [2.05, 4.69) is 14.5 Å². The van der Waals surface area contributed by atoms with E-state index in [1.165, 1.54) is 0 Å². The van der Waals surface area contributed by atoms with Gasteiger partial charge in [0.1, 0.15) is 5.56 Å². The molecule has 0 saturated heterocycles. The summed E-state index contributed by atoms with van der Waals surface area (Å²) in [4.78, 5) is 24.6. The highest BCUT2D eigenvalue weighted by Gasteiger charge is 2.28. The summed E-state index contributed by atoms with van der Waals surface area (Å²) in [5.41, 5.74) is -0.886. The highest BCUT2D eigenvalue weighted by Crippen LogP contribution is 2.33. The topological polar surface area (TPSA) is 91.6 Å². The number of pyridine rings is 1. The molecule has 0 fully saturated rings. The van der Waals surface area contributed by atoms with E-state index in [0.717, 1.165) is 13.2 Å². The van der Waals surface area contributed by atoms with E-state index in [4.69, 9.17) is 0 Å². The average Bonchev–Trinajstić information content (AvgIpc) is 2.37. The van der Waals surface area contributed by atoms with E-state index in [9.17, 15) is 23.7 Å². The second-order valence-corrected chi connectivity index (χ2v) is 3.60. The number of nitrogens with zero attached hydrogens (tertiary/aromatic N) is 2. The van der Waals surface area contributed by atoms with Crippen molar-refractivity contribution in [2.24, 2.45) is 0 Å². The predicted molar refractivity (Wildman–Crippen MR) is 62.7 cm³/mol. The summed E-state index contributed by atoms with van der Waals surface area (Å²) in [6.45, 7) is 1.63. The standard InChI is InChI=1S/C11H12F2N2O5/c1-3-20-8(16)5-6-4-7(15(17)18)14-11(19-2)9(6)10(12)13/h4,10H,3,5H2,1-2H3. The van der Waals surface area contributed by atoms with Crippen LogP contribution in [0.25, 0.3) is 0 Å². The van der Waals surface area contributed by atoms with Crippen LogP contribution in [0.1, 0.15) is 24.5 Å². The van der Waals surface area contributed by atoms with Gasteiger partial charge in [-0.3, -0.25) is 4.79 Å². The number of carbonyl (C=O) groups is 1. The molecule has 0 saturated carbocycles. The van der Waals surface area contributed by atoms with Gasteiger partial charge in [0, 0.05) is 11.1 Å². The Balaban J connectivity index is 3.32. The lowest BCUT2D eigenvalue weighted by Gasteiger charge is -2.09. The molecule has 110 valence electrons. The van der Waals surface area contributed by atoms with Gasteiger partial charge < -0.3 is 19.6 Å². The zero-order valence-electron chi connectivity index (χ0n) is 10.8. The molecule has 1 rings (SSSR count). The van der Waals surface area contributed by atoms with Crippen molar-refractivity contribution >= 4 is 11.8 Å². The number of rotatable bonds is 6. The molecule has 0 aliphatic rings. The molecule has 0 aromatic carbocycles. The Hall–Kier alpha value is -2.32. The molecule has 7 nitrogen and oxygen atoms in total. The van der Waals surface area contributed by atoms with Crippen LogP contribution in [0.5, 0.6) is 5.88 Å². The van der Waals surface area contributed by atoms with Crippen LogP contribution in [0.4, 0.5) is 14.6 Å². The second-order valence-electron chi connectivity index (χ2n) is 3.60. The number of hydrogen-bond donors (Lipinski definition) is 0. The molecule has 1 aromatic rings. The van der Waals surface area contributed by atoms with E-state index in [1.54, 1.807) is 6.92 Å². The zero-order chi connectivity index (χ0) is 15.3. The summed E-state index contributed by atoms with van der Waals surface area (Å²) in [7, 11) is 1.06. The summed E-state index contributed by atoms with van der Waals surface area (Å²) in [6.07, 6.45) is -3.50. The maximum atomic E-state index is 13.0. The maximum absolute atomic E-state index is 13.0. The molecule has 0 aliphatic heterocycles.